The molecule has 13 rings (SSSR count). The van der Waals surface area contributed by atoms with Crippen LogP contribution in [0.3, 0.4) is 0 Å². The Hall–Kier alpha value is -6.33. The van der Waals surface area contributed by atoms with Gasteiger partial charge in [-0.1, -0.05) is 24.3 Å². The molecule has 0 bridgehead atoms. The molecular formula is C37H15N4O6S+. The molecule has 10 nitrogen and oxygen atoms in total. The molecule has 9 aromatic rings. The normalized spacial score (nSPS) is 15.4. The van der Waals surface area contributed by atoms with E-state index in [1.165, 1.54) is 0 Å². The second kappa shape index (κ2) is 7.14. The fourth-order valence-electron chi connectivity index (χ4n) is 8.92. The number of nitrogens with zero attached hydrogens (tertiary/aromatic N) is 3. The molecule has 0 aliphatic carbocycles. The van der Waals surface area contributed by atoms with Crippen molar-refractivity contribution < 1.29 is 21.9 Å². The largest absolute Gasteiger partial charge is 0.488 e. The number of rotatable bonds is 0. The second-order valence-electron chi connectivity index (χ2n) is 12.9. The molecule has 0 spiro atoms. The molecule has 4 aliphatic rings. The summed E-state index contributed by atoms with van der Waals surface area (Å²) in [5, 5.41) is 7.47. The van der Waals surface area contributed by atoms with E-state index in [1.807, 2.05) is 60.7 Å². The Morgan fingerprint density at radius 1 is 0.750 bits per heavy atom. The lowest BCUT2D eigenvalue weighted by atomic mass is 9.82. The Kier molecular flexibility index (Phi) is 3.56. The molecule has 0 unspecified atom stereocenters. The van der Waals surface area contributed by atoms with Crippen molar-refractivity contribution in [2.24, 2.45) is 0 Å². The molecular weight excluding hydrogens is 628 g/mol. The SMILES string of the molecule is O=c1c2cc3c4c5c(cc6c(=O)[n+]7c8ccccc8nc-7c7cc8c(c9c(cc(c2c49)c2[nH]c4ccccc4n12)OS8(=O)=O)c5c76)CO3. The minimum Gasteiger partial charge on any atom is -0.488 e. The molecule has 6 heterocycles. The number of aromatic nitrogens is 4. The molecule has 11 heteroatoms. The number of benzene rings is 7. The lowest BCUT2D eigenvalue weighted by Crippen LogP contribution is -2.47. The smallest absolute Gasteiger partial charge is 0.347 e. The van der Waals surface area contributed by atoms with Gasteiger partial charge in [0.2, 0.25) is 5.52 Å². The monoisotopic (exact) mass is 643 g/mol. The molecule has 0 fully saturated rings. The minimum absolute atomic E-state index is 0.00649. The van der Waals surface area contributed by atoms with Gasteiger partial charge in [-0.2, -0.15) is 8.42 Å². The molecule has 0 radical (unpaired) electrons. The number of nitrogens with one attached hydrogen (secondary N) is 1. The number of fused-ring (bicyclic) bond motifs is 8. The third-order valence-corrected chi connectivity index (χ3v) is 11.9. The van der Waals surface area contributed by atoms with E-state index >= 15 is 0 Å². The summed E-state index contributed by atoms with van der Waals surface area (Å²) in [4.78, 5) is 37.0. The summed E-state index contributed by atoms with van der Waals surface area (Å²) in [7, 11) is -4.33. The Bertz CT molecular complexity index is 3610. The molecule has 224 valence electrons. The van der Waals surface area contributed by atoms with E-state index in [-0.39, 0.29) is 28.4 Å². The van der Waals surface area contributed by atoms with Gasteiger partial charge in [-0.15, -0.1) is 4.57 Å². The van der Waals surface area contributed by atoms with Crippen molar-refractivity contribution in [1.29, 1.82) is 0 Å². The average Bonchev–Trinajstić information content (AvgIpc) is 3.68. The number of hydrogen-bond acceptors (Lipinski definition) is 7. The number of ether oxygens (including phenoxy) is 1. The van der Waals surface area contributed by atoms with E-state index in [2.05, 4.69) is 4.98 Å². The maximum absolute atomic E-state index is 14.4. The predicted octanol–water partition coefficient (Wildman–Crippen LogP) is 5.61. The standard InChI is InChI=1S/C37H14N4O6S/c42-36-17-9-14-13-46-23-11-18-27-15(34-38-19-5-1-3-7-21(19)40(34)37(18)43)10-24-30-31-25(48(44,45)47-24)12-16(28(17)32(31)26(14)29(23)33(27)30)35-39-20-6-2-4-8-22(20)41(35)36/h1-12H,13H2/p+1. The highest BCUT2D eigenvalue weighted by atomic mass is 32.2. The van der Waals surface area contributed by atoms with Crippen molar-refractivity contribution in [3.05, 3.63) is 99.1 Å². The van der Waals surface area contributed by atoms with Gasteiger partial charge < -0.3 is 13.9 Å². The number of para-hydroxylation sites is 4. The molecule has 0 amide bonds. The zero-order chi connectivity index (χ0) is 31.5. The third-order valence-electron chi connectivity index (χ3n) is 10.7. The van der Waals surface area contributed by atoms with E-state index < -0.39 is 10.1 Å². The highest BCUT2D eigenvalue weighted by Crippen LogP contribution is 2.56. The molecule has 2 aromatic heterocycles. The Balaban J connectivity index is 1.40. The van der Waals surface area contributed by atoms with Gasteiger partial charge >= 0.3 is 21.5 Å². The fraction of sp³-hybridized carbons (Fsp3) is 0.0270. The first-order valence-corrected chi connectivity index (χ1v) is 16.8. The van der Waals surface area contributed by atoms with Gasteiger partial charge in [-0.3, -0.25) is 9.20 Å². The number of imidazole rings is 2. The van der Waals surface area contributed by atoms with Gasteiger partial charge in [-0.05, 0) is 59.1 Å². The molecule has 7 aromatic carbocycles. The van der Waals surface area contributed by atoms with Gasteiger partial charge in [0.25, 0.3) is 5.56 Å². The van der Waals surface area contributed by atoms with Crippen LogP contribution in [0, 0.1) is 0 Å². The highest BCUT2D eigenvalue weighted by molar-refractivity contribution is 7.87. The molecule has 48 heavy (non-hydrogen) atoms. The number of hydrogen-bond donors (Lipinski definition) is 1. The van der Waals surface area contributed by atoms with Crippen LogP contribution in [0.1, 0.15) is 5.56 Å². The van der Waals surface area contributed by atoms with Crippen molar-refractivity contribution in [2.75, 3.05) is 0 Å². The Morgan fingerprint density at radius 2 is 1.52 bits per heavy atom. The van der Waals surface area contributed by atoms with Crippen LogP contribution in [0.5, 0.6) is 11.5 Å². The van der Waals surface area contributed by atoms with Gasteiger partial charge in [0, 0.05) is 48.5 Å². The maximum atomic E-state index is 14.4. The van der Waals surface area contributed by atoms with Crippen LogP contribution in [0.2, 0.25) is 0 Å². The zero-order valence-electron chi connectivity index (χ0n) is 24.3. The van der Waals surface area contributed by atoms with Crippen LogP contribution in [-0.2, 0) is 16.7 Å². The van der Waals surface area contributed by atoms with Crippen LogP contribution in [0.25, 0.3) is 98.2 Å². The number of H-pyrrole nitrogens is 1. The lowest BCUT2D eigenvalue weighted by molar-refractivity contribution is -0.580. The fourth-order valence-corrected chi connectivity index (χ4v) is 10.1. The topological polar surface area (TPSA) is 124 Å². The van der Waals surface area contributed by atoms with Gasteiger partial charge in [0.15, 0.2) is 11.3 Å². The predicted molar refractivity (Wildman–Crippen MR) is 181 cm³/mol. The van der Waals surface area contributed by atoms with E-state index in [1.54, 1.807) is 21.1 Å². The molecule has 1 N–H and O–H groups in total. The summed E-state index contributed by atoms with van der Waals surface area (Å²) in [5.41, 5.74) is 3.61. The first-order chi connectivity index (χ1) is 23.4. The lowest BCUT2D eigenvalue weighted by Gasteiger charge is -2.29. The first-order valence-electron chi connectivity index (χ1n) is 15.4. The van der Waals surface area contributed by atoms with Crippen molar-refractivity contribution in [2.45, 2.75) is 11.5 Å². The second-order valence-corrected chi connectivity index (χ2v) is 14.4. The van der Waals surface area contributed by atoms with E-state index in [9.17, 15) is 18.0 Å². The molecule has 0 atom stereocenters. The van der Waals surface area contributed by atoms with Crippen LogP contribution in [0.15, 0.2) is 87.3 Å². The zero-order valence-corrected chi connectivity index (χ0v) is 25.2. The van der Waals surface area contributed by atoms with Gasteiger partial charge in [0.05, 0.1) is 27.2 Å². The van der Waals surface area contributed by atoms with Crippen LogP contribution < -0.4 is 24.6 Å². The average molecular weight is 644 g/mol. The maximum Gasteiger partial charge on any atom is 0.347 e. The summed E-state index contributed by atoms with van der Waals surface area (Å²) >= 11 is 0. The van der Waals surface area contributed by atoms with Crippen LogP contribution in [0.4, 0.5) is 0 Å². The minimum atomic E-state index is -4.33. The number of pyridine rings is 2. The molecule has 0 saturated heterocycles. The van der Waals surface area contributed by atoms with Crippen molar-refractivity contribution in [3.63, 3.8) is 0 Å². The van der Waals surface area contributed by atoms with E-state index in [0.717, 1.165) is 21.9 Å². The van der Waals surface area contributed by atoms with E-state index in [4.69, 9.17) is 13.9 Å². The van der Waals surface area contributed by atoms with Crippen LogP contribution in [-0.4, -0.2) is 22.8 Å². The van der Waals surface area contributed by atoms with Crippen molar-refractivity contribution >= 4 is 102 Å². The van der Waals surface area contributed by atoms with Crippen LogP contribution >= 0.6 is 0 Å². The molecule has 0 saturated carbocycles. The summed E-state index contributed by atoms with van der Waals surface area (Å²) in [5.74, 6) is 1.07. The van der Waals surface area contributed by atoms with Gasteiger partial charge in [-0.25, -0.2) is 4.79 Å². The summed E-state index contributed by atoms with van der Waals surface area (Å²) in [6.45, 7) is 0.144. The third kappa shape index (κ3) is 2.33. The summed E-state index contributed by atoms with van der Waals surface area (Å²) in [6.07, 6.45) is 0. The summed E-state index contributed by atoms with van der Waals surface area (Å²) in [6, 6.07) is 21.9. The highest BCUT2D eigenvalue weighted by Gasteiger charge is 2.39. The number of aromatic amines is 1. The van der Waals surface area contributed by atoms with Crippen molar-refractivity contribution in [1.82, 2.24) is 14.4 Å². The van der Waals surface area contributed by atoms with E-state index in [0.29, 0.717) is 87.6 Å². The quantitative estimate of drug-likeness (QED) is 0.0986. The summed E-state index contributed by atoms with van der Waals surface area (Å²) < 4.78 is 44.0. The Morgan fingerprint density at radius 3 is 2.44 bits per heavy atom. The Labute approximate surface area is 266 Å². The first kappa shape index (κ1) is 23.9. The molecule has 4 aliphatic heterocycles. The van der Waals surface area contributed by atoms with Gasteiger partial charge in [0.1, 0.15) is 22.9 Å². The van der Waals surface area contributed by atoms with Crippen molar-refractivity contribution in [3.8, 4) is 17.3 Å².